The van der Waals surface area contributed by atoms with Crippen molar-refractivity contribution in [2.45, 2.75) is 13.8 Å². The molecular weight excluding hydrogens is 363 g/mol. The van der Waals surface area contributed by atoms with Gasteiger partial charge in [0.25, 0.3) is 0 Å². The highest BCUT2D eigenvalue weighted by Crippen LogP contribution is 2.31. The Morgan fingerprint density at radius 2 is 1.75 bits per heavy atom. The van der Waals surface area contributed by atoms with Crippen molar-refractivity contribution in [3.8, 4) is 0 Å². The van der Waals surface area contributed by atoms with Gasteiger partial charge < -0.3 is 14.8 Å². The lowest BCUT2D eigenvalue weighted by Crippen LogP contribution is -2.10. The van der Waals surface area contributed by atoms with Gasteiger partial charge in [0.2, 0.25) is 0 Å². The number of hydrogen-bond donors (Lipinski definition) is 1. The van der Waals surface area contributed by atoms with Crippen molar-refractivity contribution in [3.63, 3.8) is 0 Å². The number of halogens is 1. The van der Waals surface area contributed by atoms with Crippen LogP contribution in [0.3, 0.4) is 0 Å². The van der Waals surface area contributed by atoms with E-state index in [0.29, 0.717) is 22.2 Å². The number of fused-ring (bicyclic) bond motifs is 1. The second-order valence-corrected chi connectivity index (χ2v) is 5.82. The molecule has 0 amide bonds. The molecule has 2 aromatic carbocycles. The van der Waals surface area contributed by atoms with Gasteiger partial charge in [-0.25, -0.2) is 14.0 Å². The number of benzene rings is 2. The van der Waals surface area contributed by atoms with E-state index in [1.54, 1.807) is 50.2 Å². The lowest BCUT2D eigenvalue weighted by molar-refractivity contribution is 0.0518. The predicted molar refractivity (Wildman–Crippen MR) is 103 cm³/mol. The average Bonchev–Trinajstić information content (AvgIpc) is 2.69. The second-order valence-electron chi connectivity index (χ2n) is 5.82. The molecule has 0 aliphatic rings. The summed E-state index contributed by atoms with van der Waals surface area (Å²) in [5.74, 6) is -1.58. The fourth-order valence-electron chi connectivity index (χ4n) is 2.73. The first-order valence-corrected chi connectivity index (χ1v) is 8.83. The van der Waals surface area contributed by atoms with Crippen molar-refractivity contribution in [1.29, 1.82) is 0 Å². The van der Waals surface area contributed by atoms with E-state index < -0.39 is 17.8 Å². The summed E-state index contributed by atoms with van der Waals surface area (Å²) in [6, 6.07) is 10.9. The largest absolute Gasteiger partial charge is 0.462 e. The Hall–Kier alpha value is -3.48. The molecule has 1 heterocycles. The number of esters is 2. The van der Waals surface area contributed by atoms with Crippen molar-refractivity contribution >= 4 is 34.2 Å². The zero-order chi connectivity index (χ0) is 20.1. The second kappa shape index (κ2) is 8.47. The van der Waals surface area contributed by atoms with Crippen LogP contribution in [0.2, 0.25) is 0 Å². The Labute approximate surface area is 161 Å². The minimum atomic E-state index is -0.600. The fraction of sp³-hybridized carbons (Fsp3) is 0.190. The molecule has 144 valence electrons. The van der Waals surface area contributed by atoms with Crippen LogP contribution in [0.15, 0.2) is 48.7 Å². The minimum Gasteiger partial charge on any atom is -0.462 e. The van der Waals surface area contributed by atoms with Gasteiger partial charge in [0.05, 0.1) is 35.7 Å². The molecule has 3 aromatic rings. The third-order valence-electron chi connectivity index (χ3n) is 4.01. The summed E-state index contributed by atoms with van der Waals surface area (Å²) in [7, 11) is 0. The van der Waals surface area contributed by atoms with Gasteiger partial charge in [0.1, 0.15) is 11.4 Å². The Morgan fingerprint density at radius 1 is 1.04 bits per heavy atom. The highest BCUT2D eigenvalue weighted by Gasteiger charge is 2.19. The quantitative estimate of drug-likeness (QED) is 0.634. The number of anilines is 2. The molecule has 28 heavy (non-hydrogen) atoms. The third-order valence-corrected chi connectivity index (χ3v) is 4.01. The summed E-state index contributed by atoms with van der Waals surface area (Å²) in [6.45, 7) is 3.82. The summed E-state index contributed by atoms with van der Waals surface area (Å²) in [4.78, 5) is 28.8. The number of pyridine rings is 1. The number of carbonyl (C=O) groups is 2. The van der Waals surface area contributed by atoms with Crippen molar-refractivity contribution in [2.24, 2.45) is 0 Å². The van der Waals surface area contributed by atoms with Crippen molar-refractivity contribution in [3.05, 3.63) is 65.6 Å². The molecule has 0 spiro atoms. The molecule has 0 aliphatic carbocycles. The Kier molecular flexibility index (Phi) is 5.84. The van der Waals surface area contributed by atoms with Gasteiger partial charge in [-0.05, 0) is 44.2 Å². The third kappa shape index (κ3) is 3.93. The summed E-state index contributed by atoms with van der Waals surface area (Å²) in [5, 5.41) is 3.42. The zero-order valence-corrected chi connectivity index (χ0v) is 15.5. The lowest BCUT2D eigenvalue weighted by Gasteiger charge is -2.15. The van der Waals surface area contributed by atoms with Crippen LogP contribution in [0.25, 0.3) is 10.9 Å². The van der Waals surface area contributed by atoms with Gasteiger partial charge in [-0.3, -0.25) is 4.98 Å². The minimum absolute atomic E-state index is 0.138. The average molecular weight is 382 g/mol. The van der Waals surface area contributed by atoms with Gasteiger partial charge in [0.15, 0.2) is 0 Å². The van der Waals surface area contributed by atoms with Gasteiger partial charge in [-0.15, -0.1) is 0 Å². The van der Waals surface area contributed by atoms with Gasteiger partial charge in [0, 0.05) is 11.6 Å². The Morgan fingerprint density at radius 3 is 2.46 bits per heavy atom. The van der Waals surface area contributed by atoms with Crippen LogP contribution >= 0.6 is 0 Å². The molecule has 7 heteroatoms. The van der Waals surface area contributed by atoms with E-state index in [1.807, 2.05) is 0 Å². The molecule has 0 aliphatic heterocycles. The highest BCUT2D eigenvalue weighted by atomic mass is 19.1. The summed E-state index contributed by atoms with van der Waals surface area (Å²) >= 11 is 0. The maximum atomic E-state index is 14.2. The molecule has 0 radical (unpaired) electrons. The standard InChI is InChI=1S/C21H19FN2O4/c1-3-27-20(25)13-9-10-17-14(11-13)19(15(12-23-17)21(26)28-4-2)24-18-8-6-5-7-16(18)22/h5-12H,3-4H2,1-2H3,(H,23,24). The summed E-state index contributed by atoms with van der Waals surface area (Å²) < 4.78 is 24.3. The molecule has 6 nitrogen and oxygen atoms in total. The molecule has 1 aromatic heterocycles. The molecule has 1 N–H and O–H groups in total. The highest BCUT2D eigenvalue weighted by molar-refractivity contribution is 6.07. The van der Waals surface area contributed by atoms with E-state index >= 15 is 0 Å². The number of aromatic nitrogens is 1. The number of nitrogens with one attached hydrogen (secondary N) is 1. The van der Waals surface area contributed by atoms with Crippen molar-refractivity contribution in [1.82, 2.24) is 4.98 Å². The first-order valence-electron chi connectivity index (χ1n) is 8.83. The van der Waals surface area contributed by atoms with Gasteiger partial charge in [-0.2, -0.15) is 0 Å². The zero-order valence-electron chi connectivity index (χ0n) is 15.5. The Balaban J connectivity index is 2.19. The number of ether oxygens (including phenoxy) is 2. The molecule has 0 unspecified atom stereocenters. The first-order chi connectivity index (χ1) is 13.5. The van der Waals surface area contributed by atoms with Crippen molar-refractivity contribution in [2.75, 3.05) is 18.5 Å². The number of rotatable bonds is 6. The summed E-state index contributed by atoms with van der Waals surface area (Å²) in [5.41, 5.74) is 1.45. The molecular formula is C21H19FN2O4. The molecule has 0 saturated carbocycles. The molecule has 3 rings (SSSR count). The van der Waals surface area contributed by atoms with Crippen LogP contribution in [0.1, 0.15) is 34.6 Å². The van der Waals surface area contributed by atoms with E-state index in [2.05, 4.69) is 10.3 Å². The maximum Gasteiger partial charge on any atom is 0.341 e. The number of carbonyl (C=O) groups excluding carboxylic acids is 2. The number of para-hydroxylation sites is 1. The molecule has 0 atom stereocenters. The lowest BCUT2D eigenvalue weighted by atomic mass is 10.1. The number of hydrogen-bond acceptors (Lipinski definition) is 6. The van der Waals surface area contributed by atoms with E-state index in [0.717, 1.165) is 0 Å². The van der Waals surface area contributed by atoms with Crippen LogP contribution in [0.5, 0.6) is 0 Å². The number of nitrogens with zero attached hydrogens (tertiary/aromatic N) is 1. The van der Waals surface area contributed by atoms with E-state index in [-0.39, 0.29) is 24.5 Å². The normalized spacial score (nSPS) is 10.5. The van der Waals surface area contributed by atoms with E-state index in [9.17, 15) is 14.0 Å². The molecule has 0 saturated heterocycles. The SMILES string of the molecule is CCOC(=O)c1ccc2ncc(C(=O)OCC)c(Nc3ccccc3F)c2c1. The monoisotopic (exact) mass is 382 g/mol. The first kappa shape index (κ1) is 19.3. The van der Waals surface area contributed by atoms with Gasteiger partial charge >= 0.3 is 11.9 Å². The van der Waals surface area contributed by atoms with Crippen molar-refractivity contribution < 1.29 is 23.5 Å². The van der Waals surface area contributed by atoms with E-state index in [4.69, 9.17) is 9.47 Å². The molecule has 0 bridgehead atoms. The van der Waals surface area contributed by atoms with Crippen LogP contribution in [-0.2, 0) is 9.47 Å². The fourth-order valence-corrected chi connectivity index (χ4v) is 2.73. The summed E-state index contributed by atoms with van der Waals surface area (Å²) in [6.07, 6.45) is 1.37. The van der Waals surface area contributed by atoms with Gasteiger partial charge in [-0.1, -0.05) is 12.1 Å². The Bertz CT molecular complexity index is 1030. The predicted octanol–water partition coefficient (Wildman–Crippen LogP) is 4.47. The maximum absolute atomic E-state index is 14.2. The van der Waals surface area contributed by atoms with Crippen LogP contribution in [-0.4, -0.2) is 30.1 Å². The van der Waals surface area contributed by atoms with Crippen LogP contribution in [0.4, 0.5) is 15.8 Å². The topological polar surface area (TPSA) is 77.5 Å². The smallest absolute Gasteiger partial charge is 0.341 e. The molecule has 0 fully saturated rings. The van der Waals surface area contributed by atoms with Crippen LogP contribution < -0.4 is 5.32 Å². The van der Waals surface area contributed by atoms with Crippen LogP contribution in [0, 0.1) is 5.82 Å². The van der Waals surface area contributed by atoms with E-state index in [1.165, 1.54) is 12.3 Å².